The van der Waals surface area contributed by atoms with Crippen LogP contribution in [0.25, 0.3) is 0 Å². The van der Waals surface area contributed by atoms with E-state index in [-0.39, 0.29) is 30.9 Å². The molecule has 1 unspecified atom stereocenters. The molecule has 4 amide bonds. The minimum absolute atomic E-state index is 0.0922. The molecular weight excluding hydrogens is 536 g/mol. The lowest BCUT2D eigenvalue weighted by molar-refractivity contribution is -0.121. The summed E-state index contributed by atoms with van der Waals surface area (Å²) >= 11 is 0. The van der Waals surface area contributed by atoms with Crippen molar-refractivity contribution in [2.24, 2.45) is 4.99 Å². The highest BCUT2D eigenvalue weighted by Gasteiger charge is 2.31. The number of nitrogens with zero attached hydrogens (tertiary/aromatic N) is 4. The molecule has 0 bridgehead atoms. The molecule has 0 saturated carbocycles. The Morgan fingerprint density at radius 1 is 1.07 bits per heavy atom. The van der Waals surface area contributed by atoms with Crippen LogP contribution >= 0.6 is 0 Å². The molecule has 2 heterocycles. The third kappa shape index (κ3) is 6.76. The molecule has 218 valence electrons. The molecule has 1 saturated heterocycles. The Morgan fingerprint density at radius 3 is 2.67 bits per heavy atom. The zero-order valence-electron chi connectivity index (χ0n) is 23.7. The number of urea groups is 1. The third-order valence-corrected chi connectivity index (χ3v) is 7.24. The third-order valence-electron chi connectivity index (χ3n) is 7.24. The lowest BCUT2D eigenvalue weighted by Gasteiger charge is -2.36. The van der Waals surface area contributed by atoms with Gasteiger partial charge in [0.15, 0.2) is 0 Å². The van der Waals surface area contributed by atoms with E-state index in [1.807, 2.05) is 54.6 Å². The van der Waals surface area contributed by atoms with Crippen molar-refractivity contribution in [2.75, 3.05) is 68.7 Å². The first-order valence-electron chi connectivity index (χ1n) is 13.7. The van der Waals surface area contributed by atoms with Gasteiger partial charge in [0.1, 0.15) is 25.0 Å². The maximum absolute atomic E-state index is 13.3. The number of carbonyl (C=O) groups excluding carboxylic acids is 3. The van der Waals surface area contributed by atoms with Gasteiger partial charge in [-0.05, 0) is 30.3 Å². The van der Waals surface area contributed by atoms with Crippen LogP contribution in [0.1, 0.15) is 5.56 Å². The molecule has 3 aromatic rings. The number of ether oxygens (including phenoxy) is 2. The van der Waals surface area contributed by atoms with E-state index in [4.69, 9.17) is 9.47 Å². The SMILES string of the molecule is COc1cccc(NC(=O)NC2COCCN2CC2=NCC(=O)N(CC(=O)N(C)c3ccccc3)c3ccccc32)c1. The van der Waals surface area contributed by atoms with Crippen LogP contribution in [0.5, 0.6) is 5.75 Å². The van der Waals surface area contributed by atoms with Crippen LogP contribution in [0.4, 0.5) is 21.9 Å². The van der Waals surface area contributed by atoms with Crippen LogP contribution in [-0.4, -0.2) is 88.2 Å². The van der Waals surface area contributed by atoms with Crippen molar-refractivity contribution < 1.29 is 23.9 Å². The van der Waals surface area contributed by atoms with E-state index in [1.165, 1.54) is 4.90 Å². The Morgan fingerprint density at radius 2 is 1.86 bits per heavy atom. The van der Waals surface area contributed by atoms with Gasteiger partial charge >= 0.3 is 6.03 Å². The number of fused-ring (bicyclic) bond motifs is 1. The zero-order valence-corrected chi connectivity index (χ0v) is 23.7. The number of anilines is 3. The molecule has 2 aliphatic rings. The van der Waals surface area contributed by atoms with Gasteiger partial charge in [0, 0.05) is 43.1 Å². The van der Waals surface area contributed by atoms with Crippen LogP contribution in [0.3, 0.4) is 0 Å². The maximum Gasteiger partial charge on any atom is 0.320 e. The summed E-state index contributed by atoms with van der Waals surface area (Å²) < 4.78 is 10.9. The first kappa shape index (κ1) is 28.8. The number of benzene rings is 3. The summed E-state index contributed by atoms with van der Waals surface area (Å²) in [6.45, 7) is 1.52. The van der Waals surface area contributed by atoms with E-state index in [1.54, 1.807) is 43.3 Å². The number of carbonyl (C=O) groups is 3. The zero-order chi connectivity index (χ0) is 29.5. The summed E-state index contributed by atoms with van der Waals surface area (Å²) in [6.07, 6.45) is -0.421. The van der Waals surface area contributed by atoms with Gasteiger partial charge in [-0.25, -0.2) is 4.79 Å². The number of morpholine rings is 1. The number of aliphatic imine (C=N–C) groups is 1. The van der Waals surface area contributed by atoms with Gasteiger partial charge in [0.2, 0.25) is 11.8 Å². The van der Waals surface area contributed by atoms with Crippen LogP contribution in [0.15, 0.2) is 83.9 Å². The molecule has 0 aromatic heterocycles. The van der Waals surface area contributed by atoms with E-state index in [0.29, 0.717) is 49.1 Å². The molecule has 3 aromatic carbocycles. The number of rotatable bonds is 8. The predicted octanol–water partition coefficient (Wildman–Crippen LogP) is 2.97. The average molecular weight is 571 g/mol. The second-order valence-corrected chi connectivity index (χ2v) is 9.94. The number of hydrogen-bond acceptors (Lipinski definition) is 7. The smallest absolute Gasteiger partial charge is 0.320 e. The molecule has 11 nitrogen and oxygen atoms in total. The van der Waals surface area contributed by atoms with Crippen molar-refractivity contribution in [3.63, 3.8) is 0 Å². The summed E-state index contributed by atoms with van der Waals surface area (Å²) in [5.41, 5.74) is 3.44. The summed E-state index contributed by atoms with van der Waals surface area (Å²) in [5, 5.41) is 5.82. The molecule has 11 heteroatoms. The quantitative estimate of drug-likeness (QED) is 0.430. The summed E-state index contributed by atoms with van der Waals surface area (Å²) in [5.74, 6) is 0.159. The summed E-state index contributed by atoms with van der Waals surface area (Å²) in [7, 11) is 3.27. The van der Waals surface area contributed by atoms with Crippen molar-refractivity contribution in [3.8, 4) is 5.75 Å². The Labute approximate surface area is 244 Å². The van der Waals surface area contributed by atoms with Crippen LogP contribution < -0.4 is 25.2 Å². The van der Waals surface area contributed by atoms with Crippen molar-refractivity contribution in [2.45, 2.75) is 6.17 Å². The molecular formula is C31H34N6O5. The van der Waals surface area contributed by atoms with Gasteiger partial charge in [-0.15, -0.1) is 0 Å². The molecule has 0 spiro atoms. The van der Waals surface area contributed by atoms with Crippen molar-refractivity contribution in [1.82, 2.24) is 10.2 Å². The number of hydrogen-bond donors (Lipinski definition) is 2. The van der Waals surface area contributed by atoms with Gasteiger partial charge in [0.05, 0.1) is 31.7 Å². The van der Waals surface area contributed by atoms with Crippen molar-refractivity contribution in [1.29, 1.82) is 0 Å². The minimum Gasteiger partial charge on any atom is -0.497 e. The molecule has 2 aliphatic heterocycles. The van der Waals surface area contributed by atoms with Crippen LogP contribution in [0, 0.1) is 0 Å². The van der Waals surface area contributed by atoms with Gasteiger partial charge in [-0.2, -0.15) is 0 Å². The molecule has 0 aliphatic carbocycles. The molecule has 1 atom stereocenters. The van der Waals surface area contributed by atoms with Gasteiger partial charge in [-0.1, -0.05) is 42.5 Å². The number of para-hydroxylation sites is 2. The summed E-state index contributed by atoms with van der Waals surface area (Å²) in [6, 6.07) is 23.5. The lowest BCUT2D eigenvalue weighted by atomic mass is 10.1. The summed E-state index contributed by atoms with van der Waals surface area (Å²) in [4.78, 5) is 49.1. The largest absolute Gasteiger partial charge is 0.497 e. The van der Waals surface area contributed by atoms with E-state index in [0.717, 1.165) is 11.3 Å². The Kier molecular flexibility index (Phi) is 9.10. The van der Waals surface area contributed by atoms with Crippen molar-refractivity contribution in [3.05, 3.63) is 84.4 Å². The molecule has 2 N–H and O–H groups in total. The maximum atomic E-state index is 13.3. The van der Waals surface area contributed by atoms with E-state index in [9.17, 15) is 14.4 Å². The molecule has 42 heavy (non-hydrogen) atoms. The predicted molar refractivity (Wildman–Crippen MR) is 161 cm³/mol. The number of benzodiazepines with no additional fused rings is 1. The first-order valence-corrected chi connectivity index (χ1v) is 13.7. The second kappa shape index (κ2) is 13.3. The standard InChI is InChI=1S/C31H34N6O5/c1-35(23-10-4-3-5-11-23)30(39)20-37-27-14-7-6-13-25(27)26(32-18-29(37)38)19-36-15-16-42-21-28(36)34-31(40)33-22-9-8-12-24(17-22)41-2/h3-14,17,28H,15-16,18-21H2,1-2H3,(H2,33,34,40). The average Bonchev–Trinajstić information content (AvgIpc) is 3.14. The Balaban J connectivity index is 1.30. The van der Waals surface area contributed by atoms with Crippen LogP contribution in [-0.2, 0) is 14.3 Å². The van der Waals surface area contributed by atoms with Crippen molar-refractivity contribution >= 4 is 40.6 Å². The fourth-order valence-electron chi connectivity index (χ4n) is 4.94. The number of methoxy groups -OCH3 is 1. The molecule has 1 fully saturated rings. The molecule has 5 rings (SSSR count). The number of amides is 4. The normalized spacial score (nSPS) is 17.0. The van der Waals surface area contributed by atoms with Gasteiger partial charge in [0.25, 0.3) is 0 Å². The van der Waals surface area contributed by atoms with E-state index >= 15 is 0 Å². The lowest BCUT2D eigenvalue weighted by Crippen LogP contribution is -2.57. The van der Waals surface area contributed by atoms with Crippen LogP contribution in [0.2, 0.25) is 0 Å². The fraction of sp³-hybridized carbons (Fsp3) is 0.290. The van der Waals surface area contributed by atoms with Gasteiger partial charge in [-0.3, -0.25) is 19.5 Å². The Bertz CT molecular complexity index is 1460. The highest BCUT2D eigenvalue weighted by molar-refractivity contribution is 6.14. The minimum atomic E-state index is -0.421. The number of nitrogens with one attached hydrogen (secondary N) is 2. The fourth-order valence-corrected chi connectivity index (χ4v) is 4.94. The highest BCUT2D eigenvalue weighted by Crippen LogP contribution is 2.26. The Hall–Kier alpha value is -4.74. The monoisotopic (exact) mass is 570 g/mol. The molecule has 0 radical (unpaired) electrons. The van der Waals surface area contributed by atoms with E-state index in [2.05, 4.69) is 20.5 Å². The first-order chi connectivity index (χ1) is 20.4. The topological polar surface area (TPSA) is 116 Å². The second-order valence-electron chi connectivity index (χ2n) is 9.94. The number of likely N-dealkylation sites (N-methyl/N-ethyl adjacent to an activating group) is 1. The van der Waals surface area contributed by atoms with Gasteiger partial charge < -0.3 is 29.9 Å². The van der Waals surface area contributed by atoms with E-state index < -0.39 is 6.17 Å². The highest BCUT2D eigenvalue weighted by atomic mass is 16.5.